The summed E-state index contributed by atoms with van der Waals surface area (Å²) in [6.45, 7) is 13.1. The standard InChI is InChI=1S/C33H49NO/c1-23(2)12-11-13-24(3)26-17-18-27-30-28(19-21-32(26,27)4)33(5)20-10-9-16-29(33)34(31(30)35)22-25-14-7-6-8-15-25/h6-8,14-16,23-24,26-28,30H,9-13,17-22H2,1-5H3/t24-,26-,27+,28+,30+,32-,33-/m1/s1. The van der Waals surface area contributed by atoms with Crippen LogP contribution < -0.4 is 0 Å². The zero-order valence-corrected chi connectivity index (χ0v) is 23.1. The number of nitrogens with zero attached hydrogens (tertiary/aromatic N) is 1. The molecule has 2 heteroatoms. The van der Waals surface area contributed by atoms with Gasteiger partial charge in [0.15, 0.2) is 0 Å². The highest BCUT2D eigenvalue weighted by Crippen LogP contribution is 2.67. The third kappa shape index (κ3) is 4.31. The number of rotatable bonds is 7. The van der Waals surface area contributed by atoms with Crippen molar-refractivity contribution in [3.05, 3.63) is 47.7 Å². The van der Waals surface area contributed by atoms with Crippen LogP contribution in [0.2, 0.25) is 0 Å². The van der Waals surface area contributed by atoms with E-state index < -0.39 is 0 Å². The normalized spacial score (nSPS) is 37.5. The van der Waals surface area contributed by atoms with E-state index in [1.807, 2.05) is 0 Å². The number of benzene rings is 1. The zero-order valence-electron chi connectivity index (χ0n) is 23.1. The number of hydrogen-bond acceptors (Lipinski definition) is 1. The molecule has 4 aliphatic rings. The van der Waals surface area contributed by atoms with Gasteiger partial charge in [-0.15, -0.1) is 0 Å². The number of piperidine rings is 1. The van der Waals surface area contributed by atoms with E-state index in [1.165, 1.54) is 69.0 Å². The molecule has 1 amide bonds. The quantitative estimate of drug-likeness (QED) is 0.386. The Kier molecular flexibility index (Phi) is 6.96. The van der Waals surface area contributed by atoms with E-state index in [2.05, 4.69) is 75.9 Å². The predicted molar refractivity (Wildman–Crippen MR) is 145 cm³/mol. The summed E-state index contributed by atoms with van der Waals surface area (Å²) in [6.07, 6.45) is 15.3. The molecular weight excluding hydrogens is 426 g/mol. The Morgan fingerprint density at radius 2 is 1.74 bits per heavy atom. The fourth-order valence-corrected chi connectivity index (χ4v) is 9.31. The molecule has 2 saturated carbocycles. The molecule has 1 heterocycles. The van der Waals surface area contributed by atoms with Crippen LogP contribution in [0.3, 0.4) is 0 Å². The van der Waals surface area contributed by atoms with E-state index in [4.69, 9.17) is 0 Å². The number of carbonyl (C=O) groups is 1. The Labute approximate surface area is 214 Å². The highest BCUT2D eigenvalue weighted by Gasteiger charge is 2.63. The fourth-order valence-electron chi connectivity index (χ4n) is 9.31. The van der Waals surface area contributed by atoms with Crippen molar-refractivity contribution in [3.63, 3.8) is 0 Å². The minimum atomic E-state index is 0.161. The van der Waals surface area contributed by atoms with Gasteiger partial charge in [-0.25, -0.2) is 0 Å². The lowest BCUT2D eigenvalue weighted by atomic mass is 9.48. The van der Waals surface area contributed by atoms with Gasteiger partial charge in [-0.3, -0.25) is 4.79 Å². The van der Waals surface area contributed by atoms with E-state index in [1.54, 1.807) is 0 Å². The number of amides is 1. The topological polar surface area (TPSA) is 20.3 Å². The molecule has 0 unspecified atom stereocenters. The molecule has 192 valence electrons. The van der Waals surface area contributed by atoms with E-state index in [-0.39, 0.29) is 11.3 Å². The van der Waals surface area contributed by atoms with Crippen molar-refractivity contribution in [3.8, 4) is 0 Å². The van der Waals surface area contributed by atoms with Crippen LogP contribution in [0.5, 0.6) is 0 Å². The molecule has 2 nitrogen and oxygen atoms in total. The second kappa shape index (κ2) is 9.71. The second-order valence-electron chi connectivity index (χ2n) is 13.6. The van der Waals surface area contributed by atoms with Crippen LogP contribution in [0.25, 0.3) is 0 Å². The lowest BCUT2D eigenvalue weighted by molar-refractivity contribution is -0.159. The van der Waals surface area contributed by atoms with Crippen LogP contribution >= 0.6 is 0 Å². The summed E-state index contributed by atoms with van der Waals surface area (Å²) in [6, 6.07) is 10.7. The van der Waals surface area contributed by atoms with Gasteiger partial charge in [0.2, 0.25) is 5.91 Å². The zero-order chi connectivity index (χ0) is 24.8. The number of allylic oxidation sites excluding steroid dienone is 2. The summed E-state index contributed by atoms with van der Waals surface area (Å²) >= 11 is 0. The first kappa shape index (κ1) is 25.1. The summed E-state index contributed by atoms with van der Waals surface area (Å²) in [7, 11) is 0. The van der Waals surface area contributed by atoms with Gasteiger partial charge in [-0.1, -0.05) is 90.3 Å². The first-order valence-electron chi connectivity index (χ1n) is 14.8. The minimum Gasteiger partial charge on any atom is -0.311 e. The van der Waals surface area contributed by atoms with Crippen molar-refractivity contribution < 1.29 is 4.79 Å². The SMILES string of the molecule is CC(C)CCC[C@@H](C)[C@H]1CC[C@H]2[C@@H]3C(=O)N(Cc4ccccc4)C4=CCCC[C@]4(C)[C@H]3CC[C@]12C. The molecule has 0 aromatic heterocycles. The molecule has 3 fully saturated rings. The van der Waals surface area contributed by atoms with Crippen molar-refractivity contribution in [2.45, 2.75) is 105 Å². The van der Waals surface area contributed by atoms with Crippen molar-refractivity contribution in [2.75, 3.05) is 0 Å². The molecule has 35 heavy (non-hydrogen) atoms. The molecule has 0 bridgehead atoms. The Bertz CT molecular complexity index is 934. The third-order valence-electron chi connectivity index (χ3n) is 11.1. The van der Waals surface area contributed by atoms with Gasteiger partial charge >= 0.3 is 0 Å². The maximum absolute atomic E-state index is 14.5. The third-order valence-corrected chi connectivity index (χ3v) is 11.1. The summed E-state index contributed by atoms with van der Waals surface area (Å²) in [4.78, 5) is 16.7. The molecule has 5 rings (SSSR count). The van der Waals surface area contributed by atoms with Gasteiger partial charge in [0.25, 0.3) is 0 Å². The lowest BCUT2D eigenvalue weighted by Crippen LogP contribution is -2.60. The maximum Gasteiger partial charge on any atom is 0.230 e. The van der Waals surface area contributed by atoms with Crippen molar-refractivity contribution >= 4 is 5.91 Å². The monoisotopic (exact) mass is 475 g/mol. The predicted octanol–water partition coefficient (Wildman–Crippen LogP) is 8.62. The Morgan fingerprint density at radius 1 is 0.971 bits per heavy atom. The van der Waals surface area contributed by atoms with Crippen LogP contribution in [0.15, 0.2) is 42.1 Å². The van der Waals surface area contributed by atoms with Crippen molar-refractivity contribution in [1.82, 2.24) is 4.90 Å². The van der Waals surface area contributed by atoms with E-state index in [9.17, 15) is 4.79 Å². The van der Waals surface area contributed by atoms with Crippen molar-refractivity contribution in [1.29, 1.82) is 0 Å². The van der Waals surface area contributed by atoms with Crippen LogP contribution in [-0.4, -0.2) is 10.8 Å². The molecule has 0 radical (unpaired) electrons. The van der Waals surface area contributed by atoms with Crippen LogP contribution in [-0.2, 0) is 11.3 Å². The fraction of sp³-hybridized carbons (Fsp3) is 0.727. The molecule has 1 aromatic carbocycles. The second-order valence-corrected chi connectivity index (χ2v) is 13.6. The summed E-state index contributed by atoms with van der Waals surface area (Å²) < 4.78 is 0. The molecule has 0 N–H and O–H groups in total. The minimum absolute atomic E-state index is 0.161. The van der Waals surface area contributed by atoms with Crippen LogP contribution in [0.4, 0.5) is 0 Å². The summed E-state index contributed by atoms with van der Waals surface area (Å²) in [5.41, 5.74) is 3.11. The Hall–Kier alpha value is -1.57. The van der Waals surface area contributed by atoms with Crippen LogP contribution in [0.1, 0.15) is 104 Å². The number of likely N-dealkylation sites (tertiary alicyclic amines) is 1. The lowest BCUT2D eigenvalue weighted by Gasteiger charge is -2.60. The smallest absolute Gasteiger partial charge is 0.230 e. The highest BCUT2D eigenvalue weighted by molar-refractivity contribution is 5.83. The maximum atomic E-state index is 14.5. The first-order valence-corrected chi connectivity index (χ1v) is 14.8. The van der Waals surface area contributed by atoms with E-state index in [0.717, 1.165) is 30.7 Å². The largest absolute Gasteiger partial charge is 0.311 e. The average Bonchev–Trinajstić information content (AvgIpc) is 3.19. The van der Waals surface area contributed by atoms with Gasteiger partial charge in [0.1, 0.15) is 0 Å². The Morgan fingerprint density at radius 3 is 2.49 bits per heavy atom. The van der Waals surface area contributed by atoms with E-state index >= 15 is 0 Å². The van der Waals surface area contributed by atoms with Gasteiger partial charge in [-0.2, -0.15) is 0 Å². The van der Waals surface area contributed by atoms with Gasteiger partial charge in [0.05, 0.1) is 6.54 Å². The molecule has 3 aliphatic carbocycles. The highest BCUT2D eigenvalue weighted by atomic mass is 16.2. The van der Waals surface area contributed by atoms with Crippen LogP contribution in [0, 0.1) is 46.3 Å². The average molecular weight is 476 g/mol. The molecular formula is C33H49NO. The van der Waals surface area contributed by atoms with Gasteiger partial charge in [0, 0.05) is 17.0 Å². The van der Waals surface area contributed by atoms with E-state index in [0.29, 0.717) is 23.2 Å². The summed E-state index contributed by atoms with van der Waals surface area (Å²) in [5, 5.41) is 0. The molecule has 1 aromatic rings. The molecule has 1 saturated heterocycles. The first-order chi connectivity index (χ1) is 16.8. The number of fused-ring (bicyclic) bond motifs is 5. The number of hydrogen-bond donors (Lipinski definition) is 0. The summed E-state index contributed by atoms with van der Waals surface area (Å²) in [5.74, 6) is 4.12. The molecule has 7 atom stereocenters. The van der Waals surface area contributed by atoms with Crippen molar-refractivity contribution in [2.24, 2.45) is 46.3 Å². The van der Waals surface area contributed by atoms with Gasteiger partial charge < -0.3 is 4.90 Å². The Balaban J connectivity index is 1.43. The number of carbonyl (C=O) groups excluding carboxylic acids is 1. The van der Waals surface area contributed by atoms with Gasteiger partial charge in [-0.05, 0) is 85.5 Å². The molecule has 0 spiro atoms. The molecule has 1 aliphatic heterocycles.